The molecule has 0 radical (unpaired) electrons. The van der Waals surface area contributed by atoms with Gasteiger partial charge in [0.1, 0.15) is 0 Å². The molecule has 0 aliphatic heterocycles. The van der Waals surface area contributed by atoms with Crippen LogP contribution < -0.4 is 12.4 Å². The fourth-order valence-corrected chi connectivity index (χ4v) is 10.9. The number of benzene rings is 1. The minimum absolute atomic E-state index is 1.06. The van der Waals surface area contributed by atoms with Crippen LogP contribution in [0.3, 0.4) is 0 Å². The molecule has 0 fully saturated rings. The maximum atomic E-state index is 2.56. The van der Waals surface area contributed by atoms with Gasteiger partial charge in [-0.15, -0.1) is 0 Å². The van der Waals surface area contributed by atoms with Crippen molar-refractivity contribution in [3.63, 3.8) is 0 Å². The standard InChI is InChI=1S/C6H3.6CH3.3Ga/c1-2-4-6-5-3-1;;;;;;;;;/h1,4-5H;6*1H3;;;. The molecule has 0 spiro atoms. The first-order valence-corrected chi connectivity index (χ1v) is 24.2. The first kappa shape index (κ1) is 14.2. The molecule has 15 heavy (non-hydrogen) atoms. The van der Waals surface area contributed by atoms with Crippen molar-refractivity contribution >= 4 is 61.0 Å². The van der Waals surface area contributed by atoms with Crippen molar-refractivity contribution < 1.29 is 0 Å². The minimum atomic E-state index is -1.06. The van der Waals surface area contributed by atoms with E-state index >= 15 is 0 Å². The first-order valence-electron chi connectivity index (χ1n) is 6.06. The van der Waals surface area contributed by atoms with Gasteiger partial charge in [0.25, 0.3) is 0 Å². The van der Waals surface area contributed by atoms with Crippen molar-refractivity contribution in [1.82, 2.24) is 0 Å². The van der Waals surface area contributed by atoms with Gasteiger partial charge in [-0.05, 0) is 0 Å². The molecule has 0 saturated carbocycles. The third-order valence-corrected chi connectivity index (χ3v) is 13.5. The molecule has 3 heteroatoms. The van der Waals surface area contributed by atoms with Crippen molar-refractivity contribution in [2.24, 2.45) is 0 Å². The topological polar surface area (TPSA) is 0 Å². The molecule has 0 aliphatic carbocycles. The van der Waals surface area contributed by atoms with Crippen LogP contribution in [-0.2, 0) is 0 Å². The average molecular weight is 374 g/mol. The van der Waals surface area contributed by atoms with Crippen LogP contribution in [0.1, 0.15) is 0 Å². The van der Waals surface area contributed by atoms with Crippen LogP contribution in [0.5, 0.6) is 0 Å². The molecule has 0 nitrogen and oxygen atoms in total. The molecular weight excluding hydrogens is 353 g/mol. The molecule has 0 amide bonds. The Bertz CT molecular complexity index is 265. The molecule has 0 N–H and O–H groups in total. The maximum absolute atomic E-state index is 2.56. The second kappa shape index (κ2) is 6.17. The summed E-state index contributed by atoms with van der Waals surface area (Å²) < 4.78 is 5.27. The van der Waals surface area contributed by atoms with Crippen LogP contribution in [0, 0.1) is 0 Å². The molecule has 0 atom stereocenters. The Hall–Kier alpha value is 1.13. The number of hydrogen-bond acceptors (Lipinski definition) is 0. The van der Waals surface area contributed by atoms with Gasteiger partial charge in [0, 0.05) is 0 Å². The fourth-order valence-electron chi connectivity index (χ4n) is 1.70. The van der Waals surface area contributed by atoms with E-state index in [1.54, 1.807) is 12.4 Å². The van der Waals surface area contributed by atoms with E-state index in [1.807, 2.05) is 0 Å². The summed E-state index contributed by atoms with van der Waals surface area (Å²) in [5.74, 6) is 0. The van der Waals surface area contributed by atoms with Crippen molar-refractivity contribution in [3.8, 4) is 0 Å². The van der Waals surface area contributed by atoms with E-state index in [1.165, 1.54) is 0 Å². The molecule has 0 aliphatic rings. The molecule has 1 rings (SSSR count). The number of rotatable bonds is 3. The summed E-state index contributed by atoms with van der Waals surface area (Å²) in [5.41, 5.74) is 15.0. The Morgan fingerprint density at radius 1 is 0.533 bits per heavy atom. The van der Waals surface area contributed by atoms with Gasteiger partial charge < -0.3 is 0 Å². The molecule has 0 heterocycles. The predicted molar refractivity (Wildman–Crippen MR) is 77.8 cm³/mol. The van der Waals surface area contributed by atoms with Gasteiger partial charge in [0.05, 0.1) is 0 Å². The second-order valence-electron chi connectivity index (χ2n) is 5.40. The Morgan fingerprint density at radius 3 is 0.867 bits per heavy atom. The van der Waals surface area contributed by atoms with Gasteiger partial charge in [-0.2, -0.15) is 0 Å². The molecule has 0 bridgehead atoms. The quantitative estimate of drug-likeness (QED) is 0.705. The van der Waals surface area contributed by atoms with Crippen molar-refractivity contribution in [1.29, 1.82) is 0 Å². The predicted octanol–water partition coefficient (Wildman–Crippen LogP) is 1.57. The van der Waals surface area contributed by atoms with E-state index < -0.39 is 48.7 Å². The SMILES string of the molecule is [CH3][Ga]([CH3])[c]1c[c]([Ga]([CH3])[CH3])c[c]([Ga]([CH3])[CH3])c1. The van der Waals surface area contributed by atoms with E-state index in [9.17, 15) is 0 Å². The molecule has 78 valence electrons. The zero-order chi connectivity index (χ0) is 11.6. The van der Waals surface area contributed by atoms with E-state index in [0.717, 1.165) is 0 Å². The molecule has 0 saturated heterocycles. The summed E-state index contributed by atoms with van der Waals surface area (Å²) in [6.07, 6.45) is 0. The Morgan fingerprint density at radius 2 is 0.733 bits per heavy atom. The third-order valence-electron chi connectivity index (χ3n) is 3.00. The summed E-state index contributed by atoms with van der Waals surface area (Å²) in [6.45, 7) is 0. The van der Waals surface area contributed by atoms with Crippen LogP contribution in [0.4, 0.5) is 0 Å². The van der Waals surface area contributed by atoms with Gasteiger partial charge in [-0.25, -0.2) is 0 Å². The summed E-state index contributed by atoms with van der Waals surface area (Å²) in [4.78, 5) is 0. The normalized spacial score (nSPS) is 10.0. The second-order valence-corrected chi connectivity index (χ2v) is 24.1. The first-order chi connectivity index (χ1) is 6.91. The van der Waals surface area contributed by atoms with Gasteiger partial charge in [0.2, 0.25) is 0 Å². The van der Waals surface area contributed by atoms with Crippen LogP contribution in [0.25, 0.3) is 0 Å². The van der Waals surface area contributed by atoms with Crippen LogP contribution >= 0.6 is 0 Å². The molecular formula is C12H21Ga3. The van der Waals surface area contributed by atoms with Gasteiger partial charge in [-0.3, -0.25) is 0 Å². The van der Waals surface area contributed by atoms with E-state index in [2.05, 4.69) is 51.1 Å². The Balaban J connectivity index is 3.20. The van der Waals surface area contributed by atoms with Crippen molar-refractivity contribution in [3.05, 3.63) is 18.2 Å². The zero-order valence-corrected chi connectivity index (χ0v) is 18.2. The van der Waals surface area contributed by atoms with Gasteiger partial charge in [-0.1, -0.05) is 0 Å². The van der Waals surface area contributed by atoms with Crippen LogP contribution in [0.2, 0.25) is 32.9 Å². The molecule has 0 unspecified atom stereocenters. The molecule has 0 aromatic heterocycles. The molecule has 1 aromatic rings. The summed E-state index contributed by atoms with van der Waals surface area (Å²) >= 11 is -3.18. The van der Waals surface area contributed by atoms with Crippen LogP contribution in [0.15, 0.2) is 18.2 Å². The van der Waals surface area contributed by atoms with Crippen molar-refractivity contribution in [2.45, 2.75) is 32.9 Å². The third kappa shape index (κ3) is 4.13. The number of hydrogen-bond donors (Lipinski definition) is 0. The van der Waals surface area contributed by atoms with Crippen molar-refractivity contribution in [2.75, 3.05) is 0 Å². The van der Waals surface area contributed by atoms with E-state index in [-0.39, 0.29) is 0 Å². The summed E-state index contributed by atoms with van der Waals surface area (Å²) in [5, 5.41) is 0. The summed E-state index contributed by atoms with van der Waals surface area (Å²) in [6, 6.07) is 7.68. The fraction of sp³-hybridized carbons (Fsp3) is 0.500. The Labute approximate surface area is 111 Å². The monoisotopic (exact) mass is 372 g/mol. The average Bonchev–Trinajstić information content (AvgIpc) is 2.16. The Kier molecular flexibility index (Phi) is 5.83. The summed E-state index contributed by atoms with van der Waals surface area (Å²) in [7, 11) is 0. The van der Waals surface area contributed by atoms with E-state index in [4.69, 9.17) is 0 Å². The van der Waals surface area contributed by atoms with Crippen LogP contribution in [-0.4, -0.2) is 48.7 Å². The molecule has 1 aromatic carbocycles. The van der Waals surface area contributed by atoms with E-state index in [0.29, 0.717) is 0 Å². The van der Waals surface area contributed by atoms with Gasteiger partial charge >= 0.3 is 112 Å². The zero-order valence-electron chi connectivity index (χ0n) is 11.0. The van der Waals surface area contributed by atoms with Gasteiger partial charge in [0.15, 0.2) is 0 Å².